The second-order valence-corrected chi connectivity index (χ2v) is 11.1. The number of benzene rings is 3. The summed E-state index contributed by atoms with van der Waals surface area (Å²) in [6.07, 6.45) is 2.89. The minimum Gasteiger partial charge on any atom is -0.361 e. The van der Waals surface area contributed by atoms with E-state index >= 15 is 0 Å². The molecule has 5 rings (SSSR count). The Morgan fingerprint density at radius 2 is 1.92 bits per heavy atom. The van der Waals surface area contributed by atoms with Crippen LogP contribution in [-0.4, -0.2) is 49.0 Å². The summed E-state index contributed by atoms with van der Waals surface area (Å²) in [4.78, 5) is 21.9. The van der Waals surface area contributed by atoms with Gasteiger partial charge in [-0.15, -0.1) is 0 Å². The molecule has 0 saturated carbocycles. The molecule has 2 N–H and O–H groups in total. The Morgan fingerprint density at radius 1 is 1.16 bits per heavy atom. The minimum atomic E-state index is -0.499. The third-order valence-corrected chi connectivity index (χ3v) is 7.72. The number of aromatic nitrogens is 1. The molecule has 0 aliphatic carbocycles. The summed E-state index contributed by atoms with van der Waals surface area (Å²) >= 11 is 6.37. The summed E-state index contributed by atoms with van der Waals surface area (Å²) in [5, 5.41) is 5.33. The van der Waals surface area contributed by atoms with Crippen molar-refractivity contribution >= 4 is 34.1 Å². The van der Waals surface area contributed by atoms with E-state index in [2.05, 4.69) is 42.3 Å². The number of halogens is 2. The maximum Gasteiger partial charge on any atom is 0.244 e. The first-order valence-corrected chi connectivity index (χ1v) is 13.5. The largest absolute Gasteiger partial charge is 0.361 e. The van der Waals surface area contributed by atoms with Crippen LogP contribution in [0.15, 0.2) is 72.9 Å². The van der Waals surface area contributed by atoms with Crippen LogP contribution < -0.4 is 10.2 Å². The molecule has 1 amide bonds. The number of para-hydroxylation sites is 1. The number of hydrogen-bond donors (Lipinski definition) is 2. The van der Waals surface area contributed by atoms with Crippen LogP contribution in [0.3, 0.4) is 0 Å². The first-order valence-electron chi connectivity index (χ1n) is 13.1. The summed E-state index contributed by atoms with van der Waals surface area (Å²) in [6, 6.07) is 19.9. The van der Waals surface area contributed by atoms with Gasteiger partial charge in [0.2, 0.25) is 5.91 Å². The normalized spacial score (nSPS) is 17.0. The van der Waals surface area contributed by atoms with Crippen LogP contribution in [0, 0.1) is 11.7 Å². The summed E-state index contributed by atoms with van der Waals surface area (Å²) < 4.78 is 13.5. The Balaban J connectivity index is 1.50. The predicted molar refractivity (Wildman–Crippen MR) is 153 cm³/mol. The van der Waals surface area contributed by atoms with Gasteiger partial charge in [0.25, 0.3) is 0 Å². The highest BCUT2D eigenvalue weighted by Gasteiger charge is 2.36. The van der Waals surface area contributed by atoms with Gasteiger partial charge in [-0.2, -0.15) is 0 Å². The van der Waals surface area contributed by atoms with Crippen molar-refractivity contribution in [3.8, 4) is 0 Å². The van der Waals surface area contributed by atoms with Crippen LogP contribution in [0.1, 0.15) is 29.5 Å². The molecule has 7 heteroatoms. The smallest absolute Gasteiger partial charge is 0.244 e. The van der Waals surface area contributed by atoms with E-state index in [0.717, 1.165) is 46.2 Å². The number of H-pyrrole nitrogens is 1. The lowest BCUT2D eigenvalue weighted by Gasteiger charge is -2.39. The Labute approximate surface area is 228 Å². The molecule has 0 bridgehead atoms. The Bertz CT molecular complexity index is 1420. The molecule has 2 heterocycles. The molecule has 3 aromatic carbocycles. The minimum absolute atomic E-state index is 0.0249. The van der Waals surface area contributed by atoms with E-state index in [0.29, 0.717) is 24.0 Å². The van der Waals surface area contributed by atoms with Crippen molar-refractivity contribution in [3.05, 3.63) is 100 Å². The van der Waals surface area contributed by atoms with E-state index in [4.69, 9.17) is 11.6 Å². The molecule has 0 spiro atoms. The van der Waals surface area contributed by atoms with Crippen molar-refractivity contribution in [2.75, 3.05) is 32.1 Å². The number of carbonyl (C=O) groups excluding carboxylic acids is 1. The Hall–Kier alpha value is -3.19. The van der Waals surface area contributed by atoms with Crippen molar-refractivity contribution < 1.29 is 9.18 Å². The average molecular weight is 533 g/mol. The van der Waals surface area contributed by atoms with Crippen LogP contribution in [-0.2, 0) is 17.8 Å². The van der Waals surface area contributed by atoms with Crippen LogP contribution in [0.4, 0.5) is 10.1 Å². The van der Waals surface area contributed by atoms with Gasteiger partial charge < -0.3 is 20.1 Å². The van der Waals surface area contributed by atoms with E-state index < -0.39 is 6.04 Å². The van der Waals surface area contributed by atoms with Gasteiger partial charge in [-0.1, -0.05) is 48.9 Å². The van der Waals surface area contributed by atoms with E-state index in [-0.39, 0.29) is 17.6 Å². The number of rotatable bonds is 8. The van der Waals surface area contributed by atoms with E-state index in [1.807, 2.05) is 47.5 Å². The quantitative estimate of drug-likeness (QED) is 0.293. The highest BCUT2D eigenvalue weighted by atomic mass is 35.5. The summed E-state index contributed by atoms with van der Waals surface area (Å²) in [5.41, 5.74) is 5.08. The Morgan fingerprint density at radius 3 is 2.68 bits per heavy atom. The third kappa shape index (κ3) is 5.63. The maximum atomic E-state index is 14.5. The molecule has 38 heavy (non-hydrogen) atoms. The molecule has 2 unspecified atom stereocenters. The van der Waals surface area contributed by atoms with E-state index in [9.17, 15) is 9.18 Å². The number of carbonyl (C=O) groups is 1. The van der Waals surface area contributed by atoms with Crippen molar-refractivity contribution in [1.82, 2.24) is 15.2 Å². The number of anilines is 1. The van der Waals surface area contributed by atoms with E-state index in [1.54, 1.807) is 12.1 Å². The van der Waals surface area contributed by atoms with Crippen molar-refractivity contribution in [3.63, 3.8) is 0 Å². The van der Waals surface area contributed by atoms with Gasteiger partial charge in [0.05, 0.1) is 6.04 Å². The lowest BCUT2D eigenvalue weighted by atomic mass is 9.88. The van der Waals surface area contributed by atoms with Crippen LogP contribution >= 0.6 is 11.6 Å². The number of nitrogens with one attached hydrogen (secondary N) is 2. The summed E-state index contributed by atoms with van der Waals surface area (Å²) in [6.45, 7) is 4.06. The molecule has 1 aliphatic rings. The fraction of sp³-hybridized carbons (Fsp3) is 0.323. The second-order valence-electron chi connectivity index (χ2n) is 10.6. The fourth-order valence-electron chi connectivity index (χ4n) is 5.69. The SMILES string of the molecule is CC(c1c[nH]c2ccccc12)C(NCc1ccc(F)cc1)C(=O)N1C[C@@H](CN(C)C)Cc2cc(Cl)ccc21. The number of hydrogen-bond acceptors (Lipinski definition) is 3. The number of nitrogens with zero attached hydrogens (tertiary/aromatic N) is 2. The molecule has 0 saturated heterocycles. The van der Waals surface area contributed by atoms with Crippen LogP contribution in [0.5, 0.6) is 0 Å². The molecule has 3 atom stereocenters. The molecular weight excluding hydrogens is 499 g/mol. The summed E-state index contributed by atoms with van der Waals surface area (Å²) in [5.74, 6) is -0.0777. The highest BCUT2D eigenvalue weighted by Crippen LogP contribution is 2.35. The zero-order chi connectivity index (χ0) is 26.8. The van der Waals surface area contributed by atoms with Crippen molar-refractivity contribution in [2.45, 2.75) is 31.8 Å². The molecule has 0 radical (unpaired) electrons. The fourth-order valence-corrected chi connectivity index (χ4v) is 5.88. The molecule has 198 valence electrons. The van der Waals surface area contributed by atoms with E-state index in [1.165, 1.54) is 12.1 Å². The zero-order valence-electron chi connectivity index (χ0n) is 22.0. The highest BCUT2D eigenvalue weighted by molar-refractivity contribution is 6.30. The van der Waals surface area contributed by atoms with Gasteiger partial charge >= 0.3 is 0 Å². The average Bonchev–Trinajstić information content (AvgIpc) is 3.33. The Kier molecular flexibility index (Phi) is 7.84. The van der Waals surface area contributed by atoms with Gasteiger partial charge in [-0.3, -0.25) is 4.79 Å². The lowest BCUT2D eigenvalue weighted by Crippen LogP contribution is -2.52. The number of fused-ring (bicyclic) bond motifs is 2. The first kappa shape index (κ1) is 26.4. The van der Waals surface area contributed by atoms with Gasteiger partial charge in [0.1, 0.15) is 5.82 Å². The predicted octanol–water partition coefficient (Wildman–Crippen LogP) is 5.99. The molecule has 1 aliphatic heterocycles. The van der Waals surface area contributed by atoms with Crippen LogP contribution in [0.25, 0.3) is 10.9 Å². The number of amides is 1. The lowest BCUT2D eigenvalue weighted by molar-refractivity contribution is -0.121. The molecule has 0 fully saturated rings. The standard InChI is InChI=1S/C31H34ClFN4O/c1-20(27-17-34-28-7-5-4-6-26(27)28)30(35-16-21-8-11-25(33)12-9-21)31(38)37-19-22(18-36(2)3)14-23-15-24(32)10-13-29(23)37/h4-13,15,17,20,22,30,34-35H,14,16,18-19H2,1-3H3/t20?,22-,30?/m1/s1. The third-order valence-electron chi connectivity index (χ3n) is 7.49. The van der Waals surface area contributed by atoms with Gasteiger partial charge in [-0.05, 0) is 79.5 Å². The molecule has 1 aromatic heterocycles. The zero-order valence-corrected chi connectivity index (χ0v) is 22.8. The van der Waals surface area contributed by atoms with Crippen molar-refractivity contribution in [2.24, 2.45) is 5.92 Å². The van der Waals surface area contributed by atoms with Gasteiger partial charge in [0.15, 0.2) is 0 Å². The van der Waals surface area contributed by atoms with Crippen molar-refractivity contribution in [1.29, 1.82) is 0 Å². The summed E-state index contributed by atoms with van der Waals surface area (Å²) in [7, 11) is 4.12. The topological polar surface area (TPSA) is 51.4 Å². The van der Waals surface area contributed by atoms with Crippen LogP contribution in [0.2, 0.25) is 5.02 Å². The molecular formula is C31H34ClFN4O. The first-order chi connectivity index (χ1) is 18.3. The molecule has 5 nitrogen and oxygen atoms in total. The second kappa shape index (κ2) is 11.3. The monoisotopic (exact) mass is 532 g/mol. The number of aromatic amines is 1. The molecule has 4 aromatic rings. The van der Waals surface area contributed by atoms with Gasteiger partial charge in [0, 0.05) is 53.4 Å². The maximum absolute atomic E-state index is 14.5. The van der Waals surface area contributed by atoms with Gasteiger partial charge in [-0.25, -0.2) is 4.39 Å².